The molecule has 0 aromatic rings. The zero-order valence-electron chi connectivity index (χ0n) is 5.53. The summed E-state index contributed by atoms with van der Waals surface area (Å²) in [6.07, 6.45) is 0. The minimum absolute atomic E-state index is 0.266. The first-order chi connectivity index (χ1) is 4.70. The SMILES string of the molecule is CC1=NOCC(C(N)=O)S1. The molecule has 1 unspecified atom stereocenters. The number of nitrogens with zero attached hydrogens (tertiary/aromatic N) is 1. The van der Waals surface area contributed by atoms with Crippen LogP contribution in [0.15, 0.2) is 5.16 Å². The summed E-state index contributed by atoms with van der Waals surface area (Å²) in [4.78, 5) is 15.3. The average molecular weight is 160 g/mol. The van der Waals surface area contributed by atoms with Gasteiger partial charge < -0.3 is 10.6 Å². The molecule has 1 rings (SSSR count). The zero-order valence-corrected chi connectivity index (χ0v) is 6.35. The summed E-state index contributed by atoms with van der Waals surface area (Å²) in [5, 5.41) is 4.11. The minimum atomic E-state index is -0.348. The monoisotopic (exact) mass is 160 g/mol. The largest absolute Gasteiger partial charge is 0.393 e. The van der Waals surface area contributed by atoms with E-state index in [9.17, 15) is 4.79 Å². The van der Waals surface area contributed by atoms with E-state index in [1.54, 1.807) is 6.92 Å². The van der Waals surface area contributed by atoms with E-state index >= 15 is 0 Å². The quantitative estimate of drug-likeness (QED) is 0.584. The van der Waals surface area contributed by atoms with E-state index in [2.05, 4.69) is 5.16 Å². The van der Waals surface area contributed by atoms with Crippen molar-refractivity contribution in [3.8, 4) is 0 Å². The van der Waals surface area contributed by atoms with E-state index in [1.807, 2.05) is 0 Å². The van der Waals surface area contributed by atoms with Crippen LogP contribution in [0.3, 0.4) is 0 Å². The molecule has 0 fully saturated rings. The zero-order chi connectivity index (χ0) is 7.56. The topological polar surface area (TPSA) is 64.7 Å². The van der Waals surface area contributed by atoms with Crippen LogP contribution in [0.2, 0.25) is 0 Å². The Labute approximate surface area is 62.8 Å². The molecule has 0 spiro atoms. The van der Waals surface area contributed by atoms with Crippen molar-refractivity contribution in [3.05, 3.63) is 0 Å². The fraction of sp³-hybridized carbons (Fsp3) is 0.600. The third-order valence-electron chi connectivity index (χ3n) is 1.05. The van der Waals surface area contributed by atoms with Crippen molar-refractivity contribution in [2.75, 3.05) is 6.61 Å². The number of thioether (sulfide) groups is 1. The van der Waals surface area contributed by atoms with Crippen molar-refractivity contribution < 1.29 is 9.63 Å². The van der Waals surface area contributed by atoms with E-state index in [0.717, 1.165) is 5.04 Å². The molecule has 0 aliphatic carbocycles. The molecule has 1 heterocycles. The molecule has 4 nitrogen and oxygen atoms in total. The fourth-order valence-corrected chi connectivity index (χ4v) is 1.35. The third kappa shape index (κ3) is 1.63. The Morgan fingerprint density at radius 3 is 3.10 bits per heavy atom. The van der Waals surface area contributed by atoms with Gasteiger partial charge in [-0.1, -0.05) is 16.9 Å². The van der Waals surface area contributed by atoms with Crippen LogP contribution in [0.4, 0.5) is 0 Å². The number of primary amides is 1. The number of oxime groups is 1. The second-order valence-electron chi connectivity index (χ2n) is 1.91. The molecule has 0 saturated carbocycles. The van der Waals surface area contributed by atoms with Gasteiger partial charge in [-0.25, -0.2) is 0 Å². The van der Waals surface area contributed by atoms with E-state index in [4.69, 9.17) is 10.6 Å². The summed E-state index contributed by atoms with van der Waals surface area (Å²) in [5.74, 6) is -0.348. The summed E-state index contributed by atoms with van der Waals surface area (Å²) in [6, 6.07) is 0. The third-order valence-corrected chi connectivity index (χ3v) is 2.12. The van der Waals surface area contributed by atoms with Crippen LogP contribution in [0.1, 0.15) is 6.92 Å². The highest BCUT2D eigenvalue weighted by Gasteiger charge is 2.21. The molecule has 1 aliphatic rings. The number of carbonyl (C=O) groups excluding carboxylic acids is 1. The molecule has 0 saturated heterocycles. The van der Waals surface area contributed by atoms with Gasteiger partial charge in [0.15, 0.2) is 0 Å². The van der Waals surface area contributed by atoms with Crippen molar-refractivity contribution in [2.24, 2.45) is 10.9 Å². The number of hydrogen-bond acceptors (Lipinski definition) is 4. The number of nitrogens with two attached hydrogens (primary N) is 1. The van der Waals surface area contributed by atoms with Gasteiger partial charge in [-0.15, -0.1) is 0 Å². The van der Waals surface area contributed by atoms with Crippen LogP contribution in [0.25, 0.3) is 0 Å². The summed E-state index contributed by atoms with van der Waals surface area (Å²) < 4.78 is 0. The predicted molar refractivity (Wildman–Crippen MR) is 39.6 cm³/mol. The first-order valence-electron chi connectivity index (χ1n) is 2.82. The number of carbonyl (C=O) groups is 1. The smallest absolute Gasteiger partial charge is 0.234 e. The lowest BCUT2D eigenvalue weighted by Gasteiger charge is -2.15. The lowest BCUT2D eigenvalue weighted by molar-refractivity contribution is -0.118. The van der Waals surface area contributed by atoms with Gasteiger partial charge >= 0.3 is 0 Å². The van der Waals surface area contributed by atoms with E-state index < -0.39 is 0 Å². The average Bonchev–Trinajstić information content (AvgIpc) is 1.88. The van der Waals surface area contributed by atoms with Gasteiger partial charge in [-0.3, -0.25) is 4.79 Å². The highest BCUT2D eigenvalue weighted by Crippen LogP contribution is 2.17. The summed E-state index contributed by atoms with van der Waals surface area (Å²) in [7, 11) is 0. The minimum Gasteiger partial charge on any atom is -0.393 e. The Morgan fingerprint density at radius 2 is 2.70 bits per heavy atom. The molecule has 0 bridgehead atoms. The summed E-state index contributed by atoms with van der Waals surface area (Å²) >= 11 is 1.34. The first-order valence-corrected chi connectivity index (χ1v) is 3.70. The summed E-state index contributed by atoms with van der Waals surface area (Å²) in [5.41, 5.74) is 5.03. The van der Waals surface area contributed by atoms with E-state index in [1.165, 1.54) is 11.8 Å². The van der Waals surface area contributed by atoms with Gasteiger partial charge in [-0.05, 0) is 6.92 Å². The van der Waals surface area contributed by atoms with Crippen LogP contribution in [0.5, 0.6) is 0 Å². The molecule has 1 amide bonds. The number of hydrogen-bond donors (Lipinski definition) is 1. The maximum atomic E-state index is 10.6. The Bertz CT molecular complexity index is 180. The highest BCUT2D eigenvalue weighted by molar-refractivity contribution is 8.15. The van der Waals surface area contributed by atoms with Crippen molar-refractivity contribution in [2.45, 2.75) is 12.2 Å². The van der Waals surface area contributed by atoms with Crippen molar-refractivity contribution in [1.29, 1.82) is 0 Å². The van der Waals surface area contributed by atoms with E-state index in [0.29, 0.717) is 0 Å². The normalized spacial score (nSPS) is 24.9. The molecule has 1 aliphatic heterocycles. The summed E-state index contributed by atoms with van der Waals surface area (Å²) in [6.45, 7) is 2.07. The molecule has 56 valence electrons. The van der Waals surface area contributed by atoms with Crippen molar-refractivity contribution in [3.63, 3.8) is 0 Å². The second kappa shape index (κ2) is 2.92. The van der Waals surface area contributed by atoms with Crippen LogP contribution in [-0.4, -0.2) is 22.8 Å². The van der Waals surface area contributed by atoms with Gasteiger partial charge in [0.2, 0.25) is 5.91 Å². The van der Waals surface area contributed by atoms with E-state index in [-0.39, 0.29) is 17.8 Å². The van der Waals surface area contributed by atoms with Crippen LogP contribution in [0, 0.1) is 0 Å². The van der Waals surface area contributed by atoms with Crippen molar-refractivity contribution in [1.82, 2.24) is 0 Å². The maximum Gasteiger partial charge on any atom is 0.234 e. The van der Waals surface area contributed by atoms with Gasteiger partial charge in [0.05, 0.1) is 0 Å². The van der Waals surface area contributed by atoms with Crippen LogP contribution < -0.4 is 5.73 Å². The predicted octanol–water partition coefficient (Wildman–Crippen LogP) is -0.0629. The molecule has 5 heteroatoms. The second-order valence-corrected chi connectivity index (χ2v) is 3.31. The van der Waals surface area contributed by atoms with Crippen LogP contribution >= 0.6 is 11.8 Å². The van der Waals surface area contributed by atoms with Crippen LogP contribution in [-0.2, 0) is 9.63 Å². The number of amides is 1. The number of rotatable bonds is 1. The Morgan fingerprint density at radius 1 is 2.00 bits per heavy atom. The molecule has 2 N–H and O–H groups in total. The van der Waals surface area contributed by atoms with Crippen molar-refractivity contribution >= 4 is 22.7 Å². The lowest BCUT2D eigenvalue weighted by atomic mass is 10.4. The molecular weight excluding hydrogens is 152 g/mol. The maximum absolute atomic E-state index is 10.6. The fourth-order valence-electron chi connectivity index (χ4n) is 0.597. The van der Waals surface area contributed by atoms with Gasteiger partial charge in [-0.2, -0.15) is 0 Å². The Hall–Kier alpha value is -0.710. The van der Waals surface area contributed by atoms with Gasteiger partial charge in [0.1, 0.15) is 16.9 Å². The molecule has 0 aromatic carbocycles. The molecule has 1 atom stereocenters. The Balaban J connectivity index is 2.53. The highest BCUT2D eigenvalue weighted by atomic mass is 32.2. The Kier molecular flexibility index (Phi) is 2.16. The molecular formula is C5H8N2O2S. The molecule has 0 radical (unpaired) electrons. The van der Waals surface area contributed by atoms with Gasteiger partial charge in [0.25, 0.3) is 0 Å². The lowest BCUT2D eigenvalue weighted by Crippen LogP contribution is -2.32. The standard InChI is InChI=1S/C5H8N2O2S/c1-3-7-9-2-4(10-3)5(6)8/h4H,2H2,1H3,(H2,6,8). The molecule has 0 aromatic heterocycles. The first kappa shape index (κ1) is 7.40. The molecule has 10 heavy (non-hydrogen) atoms. The van der Waals surface area contributed by atoms with Gasteiger partial charge in [0, 0.05) is 0 Å².